The van der Waals surface area contributed by atoms with Crippen LogP contribution in [0.4, 0.5) is 0 Å². The first-order chi connectivity index (χ1) is 12.5. The lowest BCUT2D eigenvalue weighted by Crippen LogP contribution is -2.27. The number of aromatic nitrogens is 2. The van der Waals surface area contributed by atoms with E-state index in [0.717, 1.165) is 29.4 Å². The first-order valence-corrected chi connectivity index (χ1v) is 10.2. The number of thiazole rings is 1. The molecule has 1 fully saturated rings. The van der Waals surface area contributed by atoms with Gasteiger partial charge < -0.3 is 0 Å². The van der Waals surface area contributed by atoms with E-state index in [1.807, 2.05) is 12.3 Å². The Bertz CT molecular complexity index is 967. The Morgan fingerprint density at radius 3 is 2.62 bits per heavy atom. The summed E-state index contributed by atoms with van der Waals surface area (Å²) in [6, 6.07) is 11.2. The van der Waals surface area contributed by atoms with E-state index >= 15 is 0 Å². The summed E-state index contributed by atoms with van der Waals surface area (Å²) in [6.45, 7) is 8.03. The molecular formula is C21H25N3OS. The van der Waals surface area contributed by atoms with Crippen LogP contribution in [0, 0.1) is 6.92 Å². The molecule has 0 N–H and O–H groups in total. The van der Waals surface area contributed by atoms with Gasteiger partial charge in [0.15, 0.2) is 4.96 Å². The van der Waals surface area contributed by atoms with Crippen molar-refractivity contribution in [2.45, 2.75) is 58.7 Å². The van der Waals surface area contributed by atoms with Crippen LogP contribution in [0.3, 0.4) is 0 Å². The first kappa shape index (κ1) is 17.4. The van der Waals surface area contributed by atoms with E-state index in [-0.39, 0.29) is 5.56 Å². The summed E-state index contributed by atoms with van der Waals surface area (Å²) < 4.78 is 1.69. The minimum absolute atomic E-state index is 0.0285. The van der Waals surface area contributed by atoms with Gasteiger partial charge in [-0.15, -0.1) is 11.3 Å². The van der Waals surface area contributed by atoms with Gasteiger partial charge in [0.2, 0.25) is 0 Å². The molecule has 3 aromatic rings. The molecular weight excluding hydrogens is 342 g/mol. The molecule has 1 saturated carbocycles. The van der Waals surface area contributed by atoms with Gasteiger partial charge in [-0.25, -0.2) is 4.98 Å². The Kier molecular flexibility index (Phi) is 4.67. The molecule has 4 nitrogen and oxygen atoms in total. The van der Waals surface area contributed by atoms with Gasteiger partial charge in [-0.3, -0.25) is 14.1 Å². The summed E-state index contributed by atoms with van der Waals surface area (Å²) in [7, 11) is 0. The summed E-state index contributed by atoms with van der Waals surface area (Å²) in [4.78, 5) is 20.4. The minimum atomic E-state index is 0.0285. The molecule has 0 unspecified atom stereocenters. The van der Waals surface area contributed by atoms with Crippen molar-refractivity contribution in [3.05, 3.63) is 68.6 Å². The highest BCUT2D eigenvalue weighted by Crippen LogP contribution is 2.30. The molecule has 2 heterocycles. The van der Waals surface area contributed by atoms with Gasteiger partial charge in [-0.2, -0.15) is 0 Å². The quantitative estimate of drug-likeness (QED) is 0.650. The molecule has 0 radical (unpaired) electrons. The molecule has 0 amide bonds. The van der Waals surface area contributed by atoms with Crippen LogP contribution in [0.15, 0.2) is 40.5 Å². The lowest BCUT2D eigenvalue weighted by molar-refractivity contribution is 0.243. The normalized spacial score (nSPS) is 14.7. The fourth-order valence-electron chi connectivity index (χ4n) is 3.39. The van der Waals surface area contributed by atoms with Gasteiger partial charge in [-0.1, -0.05) is 38.1 Å². The molecule has 0 atom stereocenters. The molecule has 0 aliphatic heterocycles. The Morgan fingerprint density at radius 2 is 1.96 bits per heavy atom. The van der Waals surface area contributed by atoms with Gasteiger partial charge in [-0.05, 0) is 36.8 Å². The van der Waals surface area contributed by atoms with Crippen LogP contribution in [0.5, 0.6) is 0 Å². The standard InChI is InChI=1S/C21H25N3OS/c1-14(2)17-6-4-16(5-7-17)11-23(19-8-9-19)12-18-10-20(25)24-15(3)13-26-21(24)22-18/h4-7,10,13-14,19H,8-9,11-12H2,1-3H3. The number of rotatable bonds is 6. The molecule has 0 spiro atoms. The monoisotopic (exact) mass is 367 g/mol. The SMILES string of the molecule is Cc1csc2nc(CN(Cc3ccc(C(C)C)cc3)C3CC3)cc(=O)n12. The molecule has 0 saturated heterocycles. The van der Waals surface area contributed by atoms with Crippen molar-refractivity contribution in [2.75, 3.05) is 0 Å². The van der Waals surface area contributed by atoms with Crippen molar-refractivity contribution in [1.82, 2.24) is 14.3 Å². The number of nitrogens with zero attached hydrogens (tertiary/aromatic N) is 3. The van der Waals surface area contributed by atoms with Crippen molar-refractivity contribution in [1.29, 1.82) is 0 Å². The fraction of sp³-hybridized carbons (Fsp3) is 0.429. The number of benzene rings is 1. The van der Waals surface area contributed by atoms with Crippen LogP contribution >= 0.6 is 11.3 Å². The number of aryl methyl sites for hydroxylation is 1. The van der Waals surface area contributed by atoms with Crippen LogP contribution in [0.25, 0.3) is 4.96 Å². The Balaban J connectivity index is 1.55. The zero-order chi connectivity index (χ0) is 18.3. The van der Waals surface area contributed by atoms with E-state index in [0.29, 0.717) is 12.0 Å². The molecule has 0 bridgehead atoms. The largest absolute Gasteiger partial charge is 0.290 e. The third-order valence-electron chi connectivity index (χ3n) is 5.09. The van der Waals surface area contributed by atoms with Gasteiger partial charge in [0.1, 0.15) is 0 Å². The highest BCUT2D eigenvalue weighted by Gasteiger charge is 2.29. The average molecular weight is 368 g/mol. The highest BCUT2D eigenvalue weighted by molar-refractivity contribution is 7.15. The van der Waals surface area contributed by atoms with E-state index in [4.69, 9.17) is 4.98 Å². The maximum Gasteiger partial charge on any atom is 0.259 e. The van der Waals surface area contributed by atoms with Crippen molar-refractivity contribution < 1.29 is 0 Å². The molecule has 2 aromatic heterocycles. The lowest BCUT2D eigenvalue weighted by Gasteiger charge is -2.22. The summed E-state index contributed by atoms with van der Waals surface area (Å²) in [6.07, 6.45) is 2.48. The smallest absolute Gasteiger partial charge is 0.259 e. The van der Waals surface area contributed by atoms with Crippen molar-refractivity contribution in [3.8, 4) is 0 Å². The van der Waals surface area contributed by atoms with Crippen LogP contribution in [0.1, 0.15) is 55.1 Å². The van der Waals surface area contributed by atoms with Crippen LogP contribution in [-0.4, -0.2) is 20.3 Å². The average Bonchev–Trinajstić information content (AvgIpc) is 3.38. The van der Waals surface area contributed by atoms with Gasteiger partial charge in [0, 0.05) is 36.3 Å². The predicted octanol–water partition coefficient (Wildman–Crippen LogP) is 4.35. The van der Waals surface area contributed by atoms with E-state index in [9.17, 15) is 4.79 Å². The second kappa shape index (κ2) is 6.97. The summed E-state index contributed by atoms with van der Waals surface area (Å²) in [5.74, 6) is 0.557. The second-order valence-corrected chi connectivity index (χ2v) is 8.45. The van der Waals surface area contributed by atoms with E-state index in [1.165, 1.54) is 35.3 Å². The molecule has 4 rings (SSSR count). The van der Waals surface area contributed by atoms with Crippen LogP contribution < -0.4 is 5.56 Å². The van der Waals surface area contributed by atoms with Gasteiger partial charge in [0.05, 0.1) is 5.69 Å². The predicted molar refractivity (Wildman–Crippen MR) is 107 cm³/mol. The lowest BCUT2D eigenvalue weighted by atomic mass is 10.0. The summed E-state index contributed by atoms with van der Waals surface area (Å²) >= 11 is 1.53. The topological polar surface area (TPSA) is 37.6 Å². The highest BCUT2D eigenvalue weighted by atomic mass is 32.1. The Labute approximate surface area is 158 Å². The molecule has 26 heavy (non-hydrogen) atoms. The minimum Gasteiger partial charge on any atom is -0.290 e. The van der Waals surface area contributed by atoms with Crippen molar-refractivity contribution in [2.24, 2.45) is 0 Å². The Morgan fingerprint density at radius 1 is 1.23 bits per heavy atom. The summed E-state index contributed by atoms with van der Waals surface area (Å²) in [5.41, 5.74) is 4.56. The van der Waals surface area contributed by atoms with Crippen LogP contribution in [0.2, 0.25) is 0 Å². The maximum atomic E-state index is 12.4. The molecule has 1 aliphatic rings. The third kappa shape index (κ3) is 3.60. The number of hydrogen-bond acceptors (Lipinski definition) is 4. The molecule has 136 valence electrons. The fourth-order valence-corrected chi connectivity index (χ4v) is 4.28. The zero-order valence-corrected chi connectivity index (χ0v) is 16.4. The second-order valence-electron chi connectivity index (χ2n) is 7.61. The van der Waals surface area contributed by atoms with E-state index < -0.39 is 0 Å². The van der Waals surface area contributed by atoms with E-state index in [2.05, 4.69) is 43.0 Å². The van der Waals surface area contributed by atoms with Crippen molar-refractivity contribution in [3.63, 3.8) is 0 Å². The molecule has 1 aliphatic carbocycles. The Hall–Kier alpha value is -1.98. The van der Waals surface area contributed by atoms with Crippen LogP contribution in [-0.2, 0) is 13.1 Å². The number of hydrogen-bond donors (Lipinski definition) is 0. The number of fused-ring (bicyclic) bond motifs is 1. The first-order valence-electron chi connectivity index (χ1n) is 9.31. The zero-order valence-electron chi connectivity index (χ0n) is 15.6. The van der Waals surface area contributed by atoms with Crippen molar-refractivity contribution >= 4 is 16.3 Å². The maximum absolute atomic E-state index is 12.4. The van der Waals surface area contributed by atoms with E-state index in [1.54, 1.807) is 10.5 Å². The molecule has 1 aromatic carbocycles. The third-order valence-corrected chi connectivity index (χ3v) is 6.03. The summed E-state index contributed by atoms with van der Waals surface area (Å²) in [5, 5.41) is 1.99. The van der Waals surface area contributed by atoms with Gasteiger partial charge in [0.25, 0.3) is 5.56 Å². The van der Waals surface area contributed by atoms with Gasteiger partial charge >= 0.3 is 0 Å². The molecule has 5 heteroatoms.